The minimum absolute atomic E-state index is 0.0562. The number of hydrogen-bond acceptors (Lipinski definition) is 2. The second-order valence-corrected chi connectivity index (χ2v) is 1.91. The van der Waals surface area contributed by atoms with Gasteiger partial charge >= 0.3 is 0 Å². The van der Waals surface area contributed by atoms with Crippen LogP contribution in [0.1, 0.15) is 6.92 Å². The van der Waals surface area contributed by atoms with Crippen LogP contribution in [0.5, 0.6) is 5.88 Å². The Morgan fingerprint density at radius 2 is 2.50 bits per heavy atom. The van der Waals surface area contributed by atoms with E-state index in [0.717, 1.165) is 0 Å². The van der Waals surface area contributed by atoms with E-state index in [4.69, 9.17) is 4.74 Å². The average Bonchev–Trinajstić information content (AvgIpc) is 2.30. The molecule has 0 atom stereocenters. The van der Waals surface area contributed by atoms with Gasteiger partial charge in [-0.3, -0.25) is 14.6 Å². The molecule has 0 amide bonds. The molecule has 0 aliphatic carbocycles. The van der Waals surface area contributed by atoms with Crippen molar-refractivity contribution in [3.63, 3.8) is 0 Å². The lowest BCUT2D eigenvalue weighted by Crippen LogP contribution is -2.13. The number of ether oxygens (including phenoxy) is 1. The molecule has 1 aromatic rings. The summed E-state index contributed by atoms with van der Waals surface area (Å²) in [5.74, 6) is 0.506. The van der Waals surface area contributed by atoms with Gasteiger partial charge in [0.15, 0.2) is 0 Å². The van der Waals surface area contributed by atoms with Crippen LogP contribution in [0.2, 0.25) is 0 Å². The number of nitrogens with one attached hydrogen (secondary N) is 1. The summed E-state index contributed by atoms with van der Waals surface area (Å²) in [4.78, 5) is 10.9. The van der Waals surface area contributed by atoms with Gasteiger partial charge in [0.25, 0.3) is 5.56 Å². The smallest absolute Gasteiger partial charge is 0.270 e. The van der Waals surface area contributed by atoms with Gasteiger partial charge < -0.3 is 4.74 Å². The Kier molecular flexibility index (Phi) is 1.80. The van der Waals surface area contributed by atoms with Gasteiger partial charge in [-0.05, 0) is 6.92 Å². The summed E-state index contributed by atoms with van der Waals surface area (Å²) in [6.45, 7) is 2.53. The fourth-order valence-electron chi connectivity index (χ4n) is 0.750. The van der Waals surface area contributed by atoms with E-state index in [1.165, 1.54) is 17.9 Å². The predicted molar refractivity (Wildman–Crippen MR) is 37.3 cm³/mol. The van der Waals surface area contributed by atoms with Gasteiger partial charge in [-0.15, -0.1) is 0 Å². The van der Waals surface area contributed by atoms with Crippen LogP contribution in [0, 0.1) is 0 Å². The summed E-state index contributed by atoms with van der Waals surface area (Å²) in [7, 11) is 1.52. The molecule has 0 aromatic carbocycles. The summed E-state index contributed by atoms with van der Waals surface area (Å²) in [6.07, 6.45) is 0. The Morgan fingerprint density at radius 3 is 2.80 bits per heavy atom. The normalized spacial score (nSPS) is 9.80. The van der Waals surface area contributed by atoms with Crippen molar-refractivity contribution in [2.75, 3.05) is 7.11 Å². The number of aromatic nitrogens is 2. The van der Waals surface area contributed by atoms with Crippen molar-refractivity contribution in [2.45, 2.75) is 13.5 Å². The van der Waals surface area contributed by atoms with E-state index in [9.17, 15) is 4.79 Å². The molecule has 4 heteroatoms. The van der Waals surface area contributed by atoms with Gasteiger partial charge in [-0.25, -0.2) is 0 Å². The largest absolute Gasteiger partial charge is 0.481 e. The van der Waals surface area contributed by atoms with E-state index in [1.807, 2.05) is 6.92 Å². The summed E-state index contributed by atoms with van der Waals surface area (Å²) in [5.41, 5.74) is -0.0562. The zero-order valence-corrected chi connectivity index (χ0v) is 6.05. The van der Waals surface area contributed by atoms with Gasteiger partial charge in [0.05, 0.1) is 13.2 Å². The highest BCUT2D eigenvalue weighted by atomic mass is 16.5. The van der Waals surface area contributed by atoms with Crippen molar-refractivity contribution in [1.29, 1.82) is 0 Å². The average molecular weight is 142 g/mol. The molecule has 4 nitrogen and oxygen atoms in total. The van der Waals surface area contributed by atoms with Crippen LogP contribution in [0.4, 0.5) is 0 Å². The molecule has 0 saturated carbocycles. The summed E-state index contributed by atoms with van der Waals surface area (Å²) in [6, 6.07) is 1.42. The van der Waals surface area contributed by atoms with Crippen LogP contribution in [0.15, 0.2) is 10.9 Å². The van der Waals surface area contributed by atoms with Crippen molar-refractivity contribution in [1.82, 2.24) is 9.78 Å². The first-order valence-electron chi connectivity index (χ1n) is 3.11. The van der Waals surface area contributed by atoms with Crippen LogP contribution in [0.3, 0.4) is 0 Å². The van der Waals surface area contributed by atoms with Crippen LogP contribution in [-0.2, 0) is 6.54 Å². The lowest BCUT2D eigenvalue weighted by Gasteiger charge is -1.93. The summed E-state index contributed by atoms with van der Waals surface area (Å²) in [5, 5.41) is 2.76. The third-order valence-electron chi connectivity index (χ3n) is 1.30. The molecule has 1 rings (SSSR count). The third-order valence-corrected chi connectivity index (χ3v) is 1.30. The monoisotopic (exact) mass is 142 g/mol. The first-order valence-corrected chi connectivity index (χ1v) is 3.11. The van der Waals surface area contributed by atoms with Crippen LogP contribution in [0.25, 0.3) is 0 Å². The zero-order chi connectivity index (χ0) is 7.56. The number of methoxy groups -OCH3 is 1. The molecule has 0 fully saturated rings. The Labute approximate surface area is 58.4 Å². The molecular weight excluding hydrogens is 132 g/mol. The molecule has 1 aromatic heterocycles. The zero-order valence-electron chi connectivity index (χ0n) is 6.05. The second kappa shape index (κ2) is 2.60. The Morgan fingerprint density at radius 1 is 1.80 bits per heavy atom. The Bertz CT molecular complexity index is 261. The van der Waals surface area contributed by atoms with Crippen molar-refractivity contribution in [3.8, 4) is 5.88 Å². The molecule has 1 N–H and O–H groups in total. The number of aromatic amines is 1. The van der Waals surface area contributed by atoms with E-state index in [1.54, 1.807) is 0 Å². The standard InChI is InChI=1S/C6H10N2O2/c1-3-8-6(9)4-5(7-8)10-2/h4,7H,3H2,1-2H3. The highest BCUT2D eigenvalue weighted by molar-refractivity contribution is 5.05. The first-order chi connectivity index (χ1) is 4.77. The fraction of sp³-hybridized carbons (Fsp3) is 0.500. The molecule has 0 saturated heterocycles. The highest BCUT2D eigenvalue weighted by Crippen LogP contribution is 1.97. The molecular formula is C6H10N2O2. The molecule has 0 unspecified atom stereocenters. The third kappa shape index (κ3) is 1.05. The molecule has 1 heterocycles. The van der Waals surface area contributed by atoms with E-state index in [2.05, 4.69) is 5.10 Å². The number of hydrogen-bond donors (Lipinski definition) is 1. The predicted octanol–water partition coefficient (Wildman–Crippen LogP) is 0.205. The van der Waals surface area contributed by atoms with Crippen LogP contribution < -0.4 is 10.3 Å². The number of aryl methyl sites for hydroxylation is 1. The molecule has 10 heavy (non-hydrogen) atoms. The van der Waals surface area contributed by atoms with Crippen LogP contribution >= 0.6 is 0 Å². The molecule has 0 radical (unpaired) electrons. The number of H-pyrrole nitrogens is 1. The molecule has 0 aliphatic heterocycles. The van der Waals surface area contributed by atoms with Crippen molar-refractivity contribution < 1.29 is 4.74 Å². The van der Waals surface area contributed by atoms with Gasteiger partial charge in [0.1, 0.15) is 0 Å². The summed E-state index contributed by atoms with van der Waals surface area (Å²) >= 11 is 0. The van der Waals surface area contributed by atoms with E-state index >= 15 is 0 Å². The van der Waals surface area contributed by atoms with Crippen molar-refractivity contribution in [3.05, 3.63) is 16.4 Å². The number of rotatable bonds is 2. The minimum Gasteiger partial charge on any atom is -0.481 e. The maximum absolute atomic E-state index is 10.9. The van der Waals surface area contributed by atoms with Crippen LogP contribution in [-0.4, -0.2) is 16.9 Å². The SMILES string of the molecule is CCn1[nH]c(OC)cc1=O. The van der Waals surface area contributed by atoms with E-state index in [0.29, 0.717) is 12.4 Å². The maximum Gasteiger partial charge on any atom is 0.270 e. The fourth-order valence-corrected chi connectivity index (χ4v) is 0.750. The number of nitrogens with zero attached hydrogens (tertiary/aromatic N) is 1. The highest BCUT2D eigenvalue weighted by Gasteiger charge is 1.98. The quantitative estimate of drug-likeness (QED) is 0.641. The lowest BCUT2D eigenvalue weighted by molar-refractivity contribution is 0.389. The van der Waals surface area contributed by atoms with E-state index in [-0.39, 0.29) is 5.56 Å². The molecule has 0 spiro atoms. The van der Waals surface area contributed by atoms with Gasteiger partial charge in [0, 0.05) is 6.54 Å². The van der Waals surface area contributed by atoms with Crippen molar-refractivity contribution >= 4 is 0 Å². The maximum atomic E-state index is 10.9. The summed E-state index contributed by atoms with van der Waals surface area (Å²) < 4.78 is 6.27. The van der Waals surface area contributed by atoms with Gasteiger partial charge in [0.2, 0.25) is 5.88 Å². The lowest BCUT2D eigenvalue weighted by atomic mass is 10.7. The molecule has 56 valence electrons. The Balaban J connectivity index is 3.04. The van der Waals surface area contributed by atoms with Gasteiger partial charge in [-0.2, -0.15) is 0 Å². The van der Waals surface area contributed by atoms with Crippen molar-refractivity contribution in [2.24, 2.45) is 0 Å². The molecule has 0 aliphatic rings. The first kappa shape index (κ1) is 6.92. The minimum atomic E-state index is -0.0562. The van der Waals surface area contributed by atoms with E-state index < -0.39 is 0 Å². The second-order valence-electron chi connectivity index (χ2n) is 1.91. The molecule has 0 bridgehead atoms. The Hall–Kier alpha value is -1.19. The van der Waals surface area contributed by atoms with Gasteiger partial charge in [-0.1, -0.05) is 0 Å². The topological polar surface area (TPSA) is 47.0 Å².